The number of piperazine rings is 1. The Balaban J connectivity index is 1.50. The first-order chi connectivity index (χ1) is 11.6. The van der Waals surface area contributed by atoms with Gasteiger partial charge in [0.25, 0.3) is 0 Å². The molecule has 0 spiro atoms. The van der Waals surface area contributed by atoms with Crippen molar-refractivity contribution in [3.05, 3.63) is 53.0 Å². The minimum absolute atomic E-state index is 0.167. The summed E-state index contributed by atoms with van der Waals surface area (Å²) in [6.07, 6.45) is 0. The van der Waals surface area contributed by atoms with E-state index in [-0.39, 0.29) is 5.91 Å². The zero-order valence-corrected chi connectivity index (χ0v) is 15.6. The number of halogens is 1. The molecule has 1 fully saturated rings. The van der Waals surface area contributed by atoms with E-state index in [0.717, 1.165) is 28.1 Å². The predicted molar refractivity (Wildman–Crippen MR) is 102 cm³/mol. The third-order valence-corrected chi connectivity index (χ3v) is 5.56. The van der Waals surface area contributed by atoms with Crippen LogP contribution in [0, 0.1) is 0 Å². The first kappa shape index (κ1) is 17.2. The molecule has 2 aromatic rings. The molecule has 1 N–H and O–H groups in total. The van der Waals surface area contributed by atoms with Gasteiger partial charge < -0.3 is 14.9 Å². The second-order valence-corrected chi connectivity index (χ2v) is 7.56. The van der Waals surface area contributed by atoms with Crippen molar-refractivity contribution in [1.82, 2.24) is 4.90 Å². The number of thioether (sulfide) groups is 1. The highest BCUT2D eigenvalue weighted by Gasteiger charge is 2.22. The fourth-order valence-corrected chi connectivity index (χ4v) is 3.76. The molecule has 0 aromatic heterocycles. The lowest BCUT2D eigenvalue weighted by Crippen LogP contribution is -2.49. The van der Waals surface area contributed by atoms with Crippen LogP contribution in [0.15, 0.2) is 57.9 Å². The quantitative estimate of drug-likeness (QED) is 0.787. The topological polar surface area (TPSA) is 43.8 Å². The van der Waals surface area contributed by atoms with E-state index in [4.69, 9.17) is 0 Å². The van der Waals surface area contributed by atoms with Crippen molar-refractivity contribution in [3.8, 4) is 5.75 Å². The minimum Gasteiger partial charge on any atom is -0.506 e. The maximum Gasteiger partial charge on any atom is 0.233 e. The van der Waals surface area contributed by atoms with Gasteiger partial charge in [0.2, 0.25) is 5.91 Å². The number of hydrogen-bond acceptors (Lipinski definition) is 4. The molecule has 0 aliphatic carbocycles. The van der Waals surface area contributed by atoms with E-state index in [0.29, 0.717) is 24.6 Å². The lowest BCUT2D eigenvalue weighted by molar-refractivity contribution is -0.128. The Bertz CT molecular complexity index is 700. The molecule has 3 rings (SSSR count). The highest BCUT2D eigenvalue weighted by Crippen LogP contribution is 2.27. The summed E-state index contributed by atoms with van der Waals surface area (Å²) in [6.45, 7) is 2.86. The van der Waals surface area contributed by atoms with Crippen LogP contribution >= 0.6 is 27.7 Å². The van der Waals surface area contributed by atoms with Crippen molar-refractivity contribution in [1.29, 1.82) is 0 Å². The molecule has 1 aliphatic rings. The Hall–Kier alpha value is -1.66. The normalized spacial score (nSPS) is 14.7. The maximum absolute atomic E-state index is 12.4. The van der Waals surface area contributed by atoms with Gasteiger partial charge in [-0.2, -0.15) is 0 Å². The zero-order valence-electron chi connectivity index (χ0n) is 13.2. The van der Waals surface area contributed by atoms with Gasteiger partial charge in [-0.15, -0.1) is 11.8 Å². The third kappa shape index (κ3) is 4.24. The van der Waals surface area contributed by atoms with Crippen LogP contribution < -0.4 is 4.90 Å². The van der Waals surface area contributed by atoms with Crippen LogP contribution in [0.4, 0.5) is 5.69 Å². The van der Waals surface area contributed by atoms with Crippen molar-refractivity contribution in [2.45, 2.75) is 4.90 Å². The molecule has 0 bridgehead atoms. The van der Waals surface area contributed by atoms with Gasteiger partial charge in [-0.3, -0.25) is 4.79 Å². The number of hydrogen-bond donors (Lipinski definition) is 1. The third-order valence-electron chi connectivity index (χ3n) is 4.03. The number of phenolic OH excluding ortho intramolecular Hbond substituents is 1. The number of rotatable bonds is 4. The summed E-state index contributed by atoms with van der Waals surface area (Å²) in [5.41, 5.74) is 0.842. The Kier molecular flexibility index (Phi) is 5.68. The summed E-state index contributed by atoms with van der Waals surface area (Å²) < 4.78 is 1.04. The van der Waals surface area contributed by atoms with Gasteiger partial charge in [0.15, 0.2) is 0 Å². The van der Waals surface area contributed by atoms with E-state index in [1.165, 1.54) is 0 Å². The van der Waals surface area contributed by atoms with Crippen LogP contribution in [0.3, 0.4) is 0 Å². The van der Waals surface area contributed by atoms with Crippen molar-refractivity contribution in [2.75, 3.05) is 36.8 Å². The van der Waals surface area contributed by atoms with Crippen molar-refractivity contribution < 1.29 is 9.90 Å². The van der Waals surface area contributed by atoms with E-state index in [1.807, 2.05) is 47.4 Å². The molecule has 24 heavy (non-hydrogen) atoms. The van der Waals surface area contributed by atoms with E-state index in [2.05, 4.69) is 20.8 Å². The maximum atomic E-state index is 12.4. The van der Waals surface area contributed by atoms with E-state index in [9.17, 15) is 9.90 Å². The van der Waals surface area contributed by atoms with Gasteiger partial charge in [0.1, 0.15) is 5.75 Å². The number of carbonyl (C=O) groups is 1. The average Bonchev–Trinajstić information content (AvgIpc) is 2.61. The number of para-hydroxylation sites is 2. The highest BCUT2D eigenvalue weighted by molar-refractivity contribution is 9.10. The number of nitrogens with zero attached hydrogens (tertiary/aromatic N) is 2. The standard InChI is InChI=1S/C18H19BrN2O2S/c19-14-5-7-15(8-6-14)24-13-18(23)21-11-9-20(10-12-21)16-3-1-2-4-17(16)22/h1-8,22H,9-13H2. The summed E-state index contributed by atoms with van der Waals surface area (Å²) in [5.74, 6) is 0.918. The Morgan fingerprint density at radius 1 is 1.04 bits per heavy atom. The molecular formula is C18H19BrN2O2S. The molecule has 1 saturated heterocycles. The molecular weight excluding hydrogens is 388 g/mol. The summed E-state index contributed by atoms with van der Waals surface area (Å²) >= 11 is 4.98. The zero-order chi connectivity index (χ0) is 16.9. The summed E-state index contributed by atoms with van der Waals surface area (Å²) in [5, 5.41) is 9.94. The van der Waals surface area contributed by atoms with E-state index in [1.54, 1.807) is 17.8 Å². The summed E-state index contributed by atoms with van der Waals surface area (Å²) in [4.78, 5) is 17.5. The molecule has 0 atom stereocenters. The van der Waals surface area contributed by atoms with Gasteiger partial charge in [0.05, 0.1) is 11.4 Å². The number of aromatic hydroxyl groups is 1. The van der Waals surface area contributed by atoms with Crippen LogP contribution in [-0.2, 0) is 4.79 Å². The molecule has 6 heteroatoms. The van der Waals surface area contributed by atoms with Crippen LogP contribution in [0.5, 0.6) is 5.75 Å². The fourth-order valence-electron chi connectivity index (χ4n) is 2.70. The number of amides is 1. The number of carbonyl (C=O) groups excluding carboxylic acids is 1. The molecule has 1 amide bonds. The largest absolute Gasteiger partial charge is 0.506 e. The Morgan fingerprint density at radius 3 is 2.38 bits per heavy atom. The molecule has 2 aromatic carbocycles. The molecule has 0 saturated carbocycles. The van der Waals surface area contributed by atoms with Crippen molar-refractivity contribution >= 4 is 39.3 Å². The minimum atomic E-state index is 0.167. The summed E-state index contributed by atoms with van der Waals surface area (Å²) in [6, 6.07) is 15.3. The molecule has 0 radical (unpaired) electrons. The smallest absolute Gasteiger partial charge is 0.233 e. The predicted octanol–water partition coefficient (Wildman–Crippen LogP) is 3.60. The SMILES string of the molecule is O=C(CSc1ccc(Br)cc1)N1CCN(c2ccccc2O)CC1. The van der Waals surface area contributed by atoms with Crippen LogP contribution in [-0.4, -0.2) is 47.8 Å². The average molecular weight is 407 g/mol. The first-order valence-corrected chi connectivity index (χ1v) is 9.60. The molecule has 0 unspecified atom stereocenters. The highest BCUT2D eigenvalue weighted by atomic mass is 79.9. The monoisotopic (exact) mass is 406 g/mol. The fraction of sp³-hybridized carbons (Fsp3) is 0.278. The Morgan fingerprint density at radius 2 is 1.71 bits per heavy atom. The van der Waals surface area contributed by atoms with Crippen molar-refractivity contribution in [3.63, 3.8) is 0 Å². The number of benzene rings is 2. The van der Waals surface area contributed by atoms with Crippen LogP contribution in [0.1, 0.15) is 0 Å². The van der Waals surface area contributed by atoms with Gasteiger partial charge in [-0.1, -0.05) is 28.1 Å². The Labute approximate surface area is 154 Å². The van der Waals surface area contributed by atoms with E-state index < -0.39 is 0 Å². The van der Waals surface area contributed by atoms with Gasteiger partial charge >= 0.3 is 0 Å². The lowest BCUT2D eigenvalue weighted by atomic mass is 10.2. The molecule has 126 valence electrons. The molecule has 1 aliphatic heterocycles. The second kappa shape index (κ2) is 7.94. The second-order valence-electron chi connectivity index (χ2n) is 5.60. The summed E-state index contributed by atoms with van der Waals surface area (Å²) in [7, 11) is 0. The van der Waals surface area contributed by atoms with Gasteiger partial charge in [-0.25, -0.2) is 0 Å². The number of anilines is 1. The van der Waals surface area contributed by atoms with Gasteiger partial charge in [0, 0.05) is 35.5 Å². The van der Waals surface area contributed by atoms with Crippen LogP contribution in [0.2, 0.25) is 0 Å². The number of phenols is 1. The van der Waals surface area contributed by atoms with E-state index >= 15 is 0 Å². The van der Waals surface area contributed by atoms with Gasteiger partial charge in [-0.05, 0) is 36.4 Å². The molecule has 4 nitrogen and oxygen atoms in total. The van der Waals surface area contributed by atoms with Crippen molar-refractivity contribution in [2.24, 2.45) is 0 Å². The molecule has 1 heterocycles. The first-order valence-electron chi connectivity index (χ1n) is 7.82. The van der Waals surface area contributed by atoms with Crippen LogP contribution in [0.25, 0.3) is 0 Å². The lowest BCUT2D eigenvalue weighted by Gasteiger charge is -2.36.